The molecule has 0 atom stereocenters. The molecule has 2 heterocycles. The smallest absolute Gasteiger partial charge is 0.292 e. The number of hydrogen-bond donors (Lipinski definition) is 1. The van der Waals surface area contributed by atoms with E-state index in [9.17, 15) is 4.79 Å². The summed E-state index contributed by atoms with van der Waals surface area (Å²) >= 11 is 0. The van der Waals surface area contributed by atoms with Gasteiger partial charge < -0.3 is 14.6 Å². The number of nitrogens with zero attached hydrogens (tertiary/aromatic N) is 2. The van der Waals surface area contributed by atoms with Gasteiger partial charge in [-0.05, 0) is 0 Å². The summed E-state index contributed by atoms with van der Waals surface area (Å²) in [6, 6.07) is 0. The second-order valence-electron chi connectivity index (χ2n) is 4.12. The molecule has 1 amide bonds. The molecule has 1 saturated heterocycles. The van der Waals surface area contributed by atoms with Crippen LogP contribution in [0.4, 0.5) is 0 Å². The van der Waals surface area contributed by atoms with Crippen molar-refractivity contribution in [3.8, 4) is 0 Å². The van der Waals surface area contributed by atoms with Gasteiger partial charge in [-0.25, -0.2) is 0 Å². The Hall–Kier alpha value is -1.43. The molecule has 2 rings (SSSR count). The number of aryl methyl sites for hydroxylation is 1. The zero-order valence-corrected chi connectivity index (χ0v) is 8.74. The van der Waals surface area contributed by atoms with Gasteiger partial charge in [0.25, 0.3) is 11.7 Å². The third-order valence-corrected chi connectivity index (χ3v) is 2.31. The molecule has 6 heteroatoms. The maximum atomic E-state index is 11.5. The summed E-state index contributed by atoms with van der Waals surface area (Å²) in [5, 5.41) is 6.28. The molecule has 0 aromatic carbocycles. The van der Waals surface area contributed by atoms with Crippen LogP contribution in [0.1, 0.15) is 23.4 Å². The predicted octanol–water partition coefficient (Wildman–Crippen LogP) is 0.144. The van der Waals surface area contributed by atoms with Crippen molar-refractivity contribution in [2.24, 2.45) is 5.41 Å². The van der Waals surface area contributed by atoms with Crippen LogP contribution < -0.4 is 5.32 Å². The van der Waals surface area contributed by atoms with E-state index in [1.807, 2.05) is 0 Å². The van der Waals surface area contributed by atoms with Gasteiger partial charge in [-0.3, -0.25) is 4.79 Å². The fraction of sp³-hybridized carbons (Fsp3) is 0.667. The highest BCUT2D eigenvalue weighted by Gasteiger charge is 2.33. The minimum atomic E-state index is -0.306. The minimum Gasteiger partial charge on any atom is -0.380 e. The SMILES string of the molecule is Cc1nc(C(=O)NCC2(C)COC2)no1. The summed E-state index contributed by atoms with van der Waals surface area (Å²) in [7, 11) is 0. The number of ether oxygens (including phenoxy) is 1. The molecule has 1 fully saturated rings. The van der Waals surface area contributed by atoms with E-state index in [1.54, 1.807) is 6.92 Å². The van der Waals surface area contributed by atoms with E-state index in [0.29, 0.717) is 25.6 Å². The summed E-state index contributed by atoms with van der Waals surface area (Å²) in [6.45, 7) is 5.62. The van der Waals surface area contributed by atoms with Crippen LogP contribution in [0, 0.1) is 12.3 Å². The maximum absolute atomic E-state index is 11.5. The first-order valence-corrected chi connectivity index (χ1v) is 4.75. The van der Waals surface area contributed by atoms with Crippen LogP contribution >= 0.6 is 0 Å². The second-order valence-corrected chi connectivity index (χ2v) is 4.12. The molecule has 82 valence electrons. The normalized spacial score (nSPS) is 18.3. The lowest BCUT2D eigenvalue weighted by Gasteiger charge is -2.37. The summed E-state index contributed by atoms with van der Waals surface area (Å²) in [4.78, 5) is 15.3. The molecule has 0 spiro atoms. The van der Waals surface area contributed by atoms with Crippen LogP contribution in [0.5, 0.6) is 0 Å². The van der Waals surface area contributed by atoms with Gasteiger partial charge >= 0.3 is 0 Å². The van der Waals surface area contributed by atoms with Gasteiger partial charge in [-0.15, -0.1) is 0 Å². The summed E-state index contributed by atoms with van der Waals surface area (Å²) in [6.07, 6.45) is 0. The molecule has 15 heavy (non-hydrogen) atoms. The van der Waals surface area contributed by atoms with Crippen LogP contribution in [0.3, 0.4) is 0 Å². The van der Waals surface area contributed by atoms with E-state index in [1.165, 1.54) is 0 Å². The zero-order valence-electron chi connectivity index (χ0n) is 8.74. The predicted molar refractivity (Wildman–Crippen MR) is 50.3 cm³/mol. The lowest BCUT2D eigenvalue weighted by molar-refractivity contribution is -0.0978. The van der Waals surface area contributed by atoms with E-state index < -0.39 is 0 Å². The fourth-order valence-electron chi connectivity index (χ4n) is 1.32. The fourth-order valence-corrected chi connectivity index (χ4v) is 1.32. The topological polar surface area (TPSA) is 77.2 Å². The van der Waals surface area contributed by atoms with Crippen molar-refractivity contribution < 1.29 is 14.1 Å². The van der Waals surface area contributed by atoms with Gasteiger partial charge in [-0.1, -0.05) is 12.1 Å². The number of carbonyl (C=O) groups excluding carboxylic acids is 1. The molecule has 0 bridgehead atoms. The van der Waals surface area contributed by atoms with Crippen molar-refractivity contribution in [2.45, 2.75) is 13.8 Å². The van der Waals surface area contributed by atoms with Gasteiger partial charge in [0.1, 0.15) is 0 Å². The first-order chi connectivity index (χ1) is 7.09. The number of aromatic nitrogens is 2. The zero-order chi connectivity index (χ0) is 10.9. The molecular weight excluding hydrogens is 198 g/mol. The van der Waals surface area contributed by atoms with Gasteiger partial charge in [0.15, 0.2) is 0 Å². The first-order valence-electron chi connectivity index (χ1n) is 4.75. The van der Waals surface area contributed by atoms with Crippen LogP contribution in [-0.4, -0.2) is 35.8 Å². The van der Waals surface area contributed by atoms with Gasteiger partial charge in [0.2, 0.25) is 5.89 Å². The highest BCUT2D eigenvalue weighted by Crippen LogP contribution is 2.25. The Balaban J connectivity index is 1.87. The molecule has 0 aliphatic carbocycles. The second kappa shape index (κ2) is 3.62. The minimum absolute atomic E-state index is 0.0500. The number of carbonyl (C=O) groups is 1. The number of hydrogen-bond acceptors (Lipinski definition) is 5. The average Bonchev–Trinajstić information content (AvgIpc) is 2.58. The van der Waals surface area contributed by atoms with Crippen molar-refractivity contribution in [1.29, 1.82) is 0 Å². The Bertz CT molecular complexity index is 370. The monoisotopic (exact) mass is 211 g/mol. The van der Waals surface area contributed by atoms with Crippen LogP contribution in [0.15, 0.2) is 4.52 Å². The van der Waals surface area contributed by atoms with Gasteiger partial charge in [0.05, 0.1) is 13.2 Å². The Morgan fingerprint density at radius 2 is 2.33 bits per heavy atom. The number of amides is 1. The molecule has 1 aromatic heterocycles. The molecule has 0 unspecified atom stereocenters. The van der Waals surface area contributed by atoms with Crippen molar-refractivity contribution in [3.05, 3.63) is 11.7 Å². The summed E-state index contributed by atoms with van der Waals surface area (Å²) in [5.74, 6) is 0.162. The average molecular weight is 211 g/mol. The van der Waals surface area contributed by atoms with E-state index in [0.717, 1.165) is 0 Å². The molecule has 1 aliphatic heterocycles. The van der Waals surface area contributed by atoms with E-state index >= 15 is 0 Å². The van der Waals surface area contributed by atoms with E-state index in [-0.39, 0.29) is 17.1 Å². The Morgan fingerprint density at radius 3 is 2.80 bits per heavy atom. The van der Waals surface area contributed by atoms with Crippen molar-refractivity contribution in [2.75, 3.05) is 19.8 Å². The van der Waals surface area contributed by atoms with E-state index in [2.05, 4.69) is 22.4 Å². The molecule has 1 N–H and O–H groups in total. The standard InChI is InChI=1S/C9H13N3O3/c1-6-11-7(12-15-6)8(13)10-3-9(2)4-14-5-9/h3-5H2,1-2H3,(H,10,13). The van der Waals surface area contributed by atoms with Crippen molar-refractivity contribution in [1.82, 2.24) is 15.5 Å². The quantitative estimate of drug-likeness (QED) is 0.769. The maximum Gasteiger partial charge on any atom is 0.292 e. The Kier molecular flexibility index (Phi) is 2.44. The summed E-state index contributed by atoms with van der Waals surface area (Å²) in [5.41, 5.74) is 0.0500. The van der Waals surface area contributed by atoms with Crippen LogP contribution in [0.2, 0.25) is 0 Å². The number of rotatable bonds is 3. The molecule has 1 aromatic rings. The molecule has 0 saturated carbocycles. The van der Waals surface area contributed by atoms with Crippen LogP contribution in [-0.2, 0) is 4.74 Å². The Morgan fingerprint density at radius 1 is 1.60 bits per heavy atom. The van der Waals surface area contributed by atoms with Gasteiger partial charge in [0, 0.05) is 18.9 Å². The van der Waals surface area contributed by atoms with Crippen molar-refractivity contribution in [3.63, 3.8) is 0 Å². The number of nitrogens with one attached hydrogen (secondary N) is 1. The lowest BCUT2D eigenvalue weighted by Crippen LogP contribution is -2.48. The van der Waals surface area contributed by atoms with Crippen molar-refractivity contribution >= 4 is 5.91 Å². The third kappa shape index (κ3) is 2.15. The highest BCUT2D eigenvalue weighted by molar-refractivity contribution is 5.90. The molecule has 0 radical (unpaired) electrons. The van der Waals surface area contributed by atoms with E-state index in [4.69, 9.17) is 9.26 Å². The summed E-state index contributed by atoms with van der Waals surface area (Å²) < 4.78 is 9.79. The largest absolute Gasteiger partial charge is 0.380 e. The highest BCUT2D eigenvalue weighted by atomic mass is 16.5. The lowest BCUT2D eigenvalue weighted by atomic mass is 9.89. The van der Waals surface area contributed by atoms with Crippen LogP contribution in [0.25, 0.3) is 0 Å². The third-order valence-electron chi connectivity index (χ3n) is 2.31. The molecule has 1 aliphatic rings. The Labute approximate surface area is 87.0 Å². The molecular formula is C9H13N3O3. The first kappa shape index (κ1) is 10.1. The molecule has 6 nitrogen and oxygen atoms in total. The van der Waals surface area contributed by atoms with Gasteiger partial charge in [-0.2, -0.15) is 4.98 Å².